The molecule has 0 atom stereocenters. The average Bonchev–Trinajstić information content (AvgIpc) is 2.28. The zero-order valence-corrected chi connectivity index (χ0v) is 9.70. The highest BCUT2D eigenvalue weighted by Gasteiger charge is 1.99. The minimum atomic E-state index is 0.493. The second kappa shape index (κ2) is 4.94. The topological polar surface area (TPSA) is 37.8 Å². The summed E-state index contributed by atoms with van der Waals surface area (Å²) in [6, 6.07) is 7.50. The molecule has 0 saturated heterocycles. The van der Waals surface area contributed by atoms with Crippen molar-refractivity contribution in [2.75, 3.05) is 5.32 Å². The number of hydrogen-bond acceptors (Lipinski definition) is 3. The Morgan fingerprint density at radius 1 is 1.31 bits per heavy atom. The number of aryl methyl sites for hydroxylation is 1. The monoisotopic (exact) mass is 233 g/mol. The first kappa shape index (κ1) is 10.9. The van der Waals surface area contributed by atoms with E-state index in [0.29, 0.717) is 11.7 Å². The summed E-state index contributed by atoms with van der Waals surface area (Å²) in [6.07, 6.45) is 3.64. The molecule has 0 aliphatic rings. The van der Waals surface area contributed by atoms with Gasteiger partial charge in [0.05, 0.1) is 0 Å². The van der Waals surface area contributed by atoms with Crippen molar-refractivity contribution in [3.63, 3.8) is 0 Å². The van der Waals surface area contributed by atoms with E-state index in [1.807, 2.05) is 24.4 Å². The van der Waals surface area contributed by atoms with Gasteiger partial charge in [0.25, 0.3) is 0 Å². The Kier molecular flexibility index (Phi) is 3.37. The number of pyridine rings is 2. The standard InChI is InChI=1S/C12H12ClN3/c1-9-5-6-14-7-10(9)8-15-12-4-2-3-11(13)16-12/h2-7H,8H2,1H3,(H,15,16). The second-order valence-corrected chi connectivity index (χ2v) is 3.89. The van der Waals surface area contributed by atoms with Crippen molar-refractivity contribution in [2.45, 2.75) is 13.5 Å². The Morgan fingerprint density at radius 3 is 2.94 bits per heavy atom. The van der Waals surface area contributed by atoms with Gasteiger partial charge in [-0.1, -0.05) is 17.7 Å². The van der Waals surface area contributed by atoms with E-state index in [2.05, 4.69) is 22.2 Å². The number of nitrogens with zero attached hydrogens (tertiary/aromatic N) is 2. The highest BCUT2D eigenvalue weighted by Crippen LogP contribution is 2.11. The van der Waals surface area contributed by atoms with E-state index < -0.39 is 0 Å². The maximum absolute atomic E-state index is 5.79. The molecule has 2 rings (SSSR count). The highest BCUT2D eigenvalue weighted by molar-refractivity contribution is 6.29. The zero-order chi connectivity index (χ0) is 11.4. The molecule has 0 amide bonds. The van der Waals surface area contributed by atoms with Gasteiger partial charge in [0, 0.05) is 18.9 Å². The van der Waals surface area contributed by atoms with Crippen molar-refractivity contribution < 1.29 is 0 Å². The van der Waals surface area contributed by atoms with E-state index in [1.54, 1.807) is 12.3 Å². The fraction of sp³-hybridized carbons (Fsp3) is 0.167. The summed E-state index contributed by atoms with van der Waals surface area (Å²) >= 11 is 5.79. The van der Waals surface area contributed by atoms with Gasteiger partial charge in [-0.3, -0.25) is 4.98 Å². The van der Waals surface area contributed by atoms with Gasteiger partial charge >= 0.3 is 0 Å². The van der Waals surface area contributed by atoms with Crippen molar-refractivity contribution in [1.82, 2.24) is 9.97 Å². The van der Waals surface area contributed by atoms with Gasteiger partial charge in [-0.05, 0) is 36.2 Å². The summed E-state index contributed by atoms with van der Waals surface area (Å²) in [5, 5.41) is 3.70. The molecule has 0 fully saturated rings. The van der Waals surface area contributed by atoms with Crippen molar-refractivity contribution in [1.29, 1.82) is 0 Å². The Morgan fingerprint density at radius 2 is 2.19 bits per heavy atom. The van der Waals surface area contributed by atoms with Crippen LogP contribution in [0.5, 0.6) is 0 Å². The van der Waals surface area contributed by atoms with E-state index >= 15 is 0 Å². The van der Waals surface area contributed by atoms with Crippen LogP contribution in [0.25, 0.3) is 0 Å². The SMILES string of the molecule is Cc1ccncc1CNc1cccc(Cl)n1. The highest BCUT2D eigenvalue weighted by atomic mass is 35.5. The van der Waals surface area contributed by atoms with Gasteiger partial charge in [0.15, 0.2) is 0 Å². The smallest absolute Gasteiger partial charge is 0.131 e. The van der Waals surface area contributed by atoms with Crippen LogP contribution in [0.2, 0.25) is 5.15 Å². The first-order valence-electron chi connectivity index (χ1n) is 5.01. The number of rotatable bonds is 3. The first-order valence-corrected chi connectivity index (χ1v) is 5.39. The molecule has 0 bridgehead atoms. The van der Waals surface area contributed by atoms with Crippen molar-refractivity contribution in [3.05, 3.63) is 52.9 Å². The Balaban J connectivity index is 2.05. The Hall–Kier alpha value is -1.61. The van der Waals surface area contributed by atoms with Crippen molar-refractivity contribution >= 4 is 17.4 Å². The lowest BCUT2D eigenvalue weighted by atomic mass is 10.1. The van der Waals surface area contributed by atoms with Gasteiger partial charge < -0.3 is 5.32 Å². The average molecular weight is 234 g/mol. The number of aromatic nitrogens is 2. The fourth-order valence-corrected chi connectivity index (χ4v) is 1.54. The molecular formula is C12H12ClN3. The molecule has 82 valence electrons. The van der Waals surface area contributed by atoms with E-state index in [1.165, 1.54) is 5.56 Å². The molecule has 0 unspecified atom stereocenters. The van der Waals surface area contributed by atoms with Crippen LogP contribution in [-0.2, 0) is 6.54 Å². The van der Waals surface area contributed by atoms with Crippen LogP contribution in [0.4, 0.5) is 5.82 Å². The van der Waals surface area contributed by atoms with Crippen molar-refractivity contribution in [2.24, 2.45) is 0 Å². The van der Waals surface area contributed by atoms with Crippen LogP contribution in [-0.4, -0.2) is 9.97 Å². The molecule has 0 saturated carbocycles. The normalized spacial score (nSPS) is 10.1. The maximum atomic E-state index is 5.79. The molecule has 0 aliphatic heterocycles. The van der Waals surface area contributed by atoms with Crippen LogP contribution in [0.15, 0.2) is 36.7 Å². The fourth-order valence-electron chi connectivity index (χ4n) is 1.37. The molecule has 0 radical (unpaired) electrons. The minimum Gasteiger partial charge on any atom is -0.366 e. The van der Waals surface area contributed by atoms with Crippen LogP contribution >= 0.6 is 11.6 Å². The molecule has 0 aromatic carbocycles. The summed E-state index contributed by atoms with van der Waals surface area (Å²) in [5.41, 5.74) is 2.37. The Labute approximate surface area is 99.5 Å². The third-order valence-corrected chi connectivity index (χ3v) is 2.53. The van der Waals surface area contributed by atoms with Gasteiger partial charge in [0.1, 0.15) is 11.0 Å². The van der Waals surface area contributed by atoms with E-state index in [4.69, 9.17) is 11.6 Å². The van der Waals surface area contributed by atoms with Crippen molar-refractivity contribution in [3.8, 4) is 0 Å². The lowest BCUT2D eigenvalue weighted by Gasteiger charge is -2.07. The summed E-state index contributed by atoms with van der Waals surface area (Å²) in [4.78, 5) is 8.24. The summed E-state index contributed by atoms with van der Waals surface area (Å²) in [6.45, 7) is 2.76. The molecule has 3 nitrogen and oxygen atoms in total. The van der Waals surface area contributed by atoms with Gasteiger partial charge in [-0.25, -0.2) is 4.98 Å². The number of hydrogen-bond donors (Lipinski definition) is 1. The first-order chi connectivity index (χ1) is 7.75. The molecule has 16 heavy (non-hydrogen) atoms. The predicted molar refractivity (Wildman–Crippen MR) is 65.5 cm³/mol. The zero-order valence-electron chi connectivity index (χ0n) is 8.94. The molecular weight excluding hydrogens is 222 g/mol. The summed E-state index contributed by atoms with van der Waals surface area (Å²) in [7, 11) is 0. The minimum absolute atomic E-state index is 0.493. The Bertz CT molecular complexity index is 485. The van der Waals surface area contributed by atoms with E-state index in [9.17, 15) is 0 Å². The van der Waals surface area contributed by atoms with Gasteiger partial charge in [0.2, 0.25) is 0 Å². The van der Waals surface area contributed by atoms with Crippen LogP contribution in [0.1, 0.15) is 11.1 Å². The number of nitrogens with one attached hydrogen (secondary N) is 1. The third kappa shape index (κ3) is 2.70. The largest absolute Gasteiger partial charge is 0.366 e. The summed E-state index contributed by atoms with van der Waals surface area (Å²) in [5.74, 6) is 0.774. The van der Waals surface area contributed by atoms with Gasteiger partial charge in [-0.15, -0.1) is 0 Å². The molecule has 0 spiro atoms. The van der Waals surface area contributed by atoms with Crippen LogP contribution in [0.3, 0.4) is 0 Å². The lowest BCUT2D eigenvalue weighted by Crippen LogP contribution is -2.03. The van der Waals surface area contributed by atoms with E-state index in [-0.39, 0.29) is 0 Å². The molecule has 0 aliphatic carbocycles. The lowest BCUT2D eigenvalue weighted by molar-refractivity contribution is 1.06. The van der Waals surface area contributed by atoms with Crippen LogP contribution in [0, 0.1) is 6.92 Å². The third-order valence-electron chi connectivity index (χ3n) is 2.32. The molecule has 2 heterocycles. The molecule has 1 N–H and O–H groups in total. The predicted octanol–water partition coefficient (Wildman–Crippen LogP) is 3.05. The number of anilines is 1. The molecule has 2 aromatic heterocycles. The number of halogens is 1. The second-order valence-electron chi connectivity index (χ2n) is 3.50. The summed E-state index contributed by atoms with van der Waals surface area (Å²) < 4.78 is 0. The van der Waals surface area contributed by atoms with E-state index in [0.717, 1.165) is 11.4 Å². The van der Waals surface area contributed by atoms with Gasteiger partial charge in [-0.2, -0.15) is 0 Å². The molecule has 4 heteroatoms. The quantitative estimate of drug-likeness (QED) is 0.828. The molecule has 2 aromatic rings. The van der Waals surface area contributed by atoms with Crippen LogP contribution < -0.4 is 5.32 Å². The maximum Gasteiger partial charge on any atom is 0.131 e.